The van der Waals surface area contributed by atoms with Gasteiger partial charge in [0, 0.05) is 29.6 Å². The van der Waals surface area contributed by atoms with Gasteiger partial charge < -0.3 is 10.3 Å². The number of H-pyrrole nitrogens is 1. The van der Waals surface area contributed by atoms with Crippen molar-refractivity contribution in [1.82, 2.24) is 15.3 Å². The first kappa shape index (κ1) is 21.6. The smallest absolute Gasteiger partial charge is 0.223 e. The normalized spacial score (nSPS) is 19.4. The van der Waals surface area contributed by atoms with Gasteiger partial charge in [0.15, 0.2) is 5.78 Å². The van der Waals surface area contributed by atoms with Crippen molar-refractivity contribution in [3.05, 3.63) is 64.9 Å². The maximum atomic E-state index is 12.7. The average Bonchev–Trinajstić information content (AvgIpc) is 3.39. The number of aromatic nitrogens is 2. The first-order chi connectivity index (χ1) is 15.0. The largest absolute Gasteiger partial charge is 0.346 e. The molecular formula is C25H28ClN3O2. The van der Waals surface area contributed by atoms with Gasteiger partial charge in [-0.1, -0.05) is 41.9 Å². The van der Waals surface area contributed by atoms with Crippen LogP contribution in [0, 0.1) is 11.8 Å². The third-order valence-electron chi connectivity index (χ3n) is 6.29. The maximum absolute atomic E-state index is 12.7. The lowest BCUT2D eigenvalue weighted by Crippen LogP contribution is -2.41. The summed E-state index contributed by atoms with van der Waals surface area (Å²) in [4.78, 5) is 32.8. The van der Waals surface area contributed by atoms with Gasteiger partial charge in [-0.25, -0.2) is 4.98 Å². The summed E-state index contributed by atoms with van der Waals surface area (Å²) >= 11 is 6.08. The molecule has 4 rings (SSSR count). The Hall–Kier alpha value is -2.66. The van der Waals surface area contributed by atoms with Crippen LogP contribution in [0.1, 0.15) is 43.9 Å². The molecule has 5 nitrogen and oxygen atoms in total. The van der Waals surface area contributed by atoms with Gasteiger partial charge in [-0.05, 0) is 62.6 Å². The third kappa shape index (κ3) is 5.34. The van der Waals surface area contributed by atoms with Crippen LogP contribution in [0.4, 0.5) is 0 Å². The number of Topliss-reactive ketones (excluding diaryl/α,β-unsaturated/α-hetero) is 1. The summed E-state index contributed by atoms with van der Waals surface area (Å²) in [6, 6.07) is 13.8. The predicted molar refractivity (Wildman–Crippen MR) is 123 cm³/mol. The van der Waals surface area contributed by atoms with Gasteiger partial charge in [0.2, 0.25) is 5.91 Å². The van der Waals surface area contributed by atoms with E-state index in [0.29, 0.717) is 23.8 Å². The molecule has 0 saturated heterocycles. The topological polar surface area (TPSA) is 74.8 Å². The molecule has 1 aliphatic carbocycles. The monoisotopic (exact) mass is 437 g/mol. The maximum Gasteiger partial charge on any atom is 0.223 e. The second-order valence-corrected chi connectivity index (χ2v) is 9.00. The number of carbonyl (C=O) groups is 2. The molecule has 2 aromatic heterocycles. The molecule has 2 N–H and O–H groups in total. The second-order valence-electron chi connectivity index (χ2n) is 8.60. The van der Waals surface area contributed by atoms with Crippen LogP contribution in [0.2, 0.25) is 5.02 Å². The van der Waals surface area contributed by atoms with Crippen LogP contribution in [0.15, 0.2) is 48.7 Å². The number of ketones is 1. The molecule has 31 heavy (non-hydrogen) atoms. The van der Waals surface area contributed by atoms with E-state index in [9.17, 15) is 9.59 Å². The molecule has 162 valence electrons. The minimum atomic E-state index is -0.482. The number of rotatable bonds is 8. The van der Waals surface area contributed by atoms with Crippen LogP contribution >= 0.6 is 11.6 Å². The fraction of sp³-hybridized carbons (Fsp3) is 0.400. The van der Waals surface area contributed by atoms with Gasteiger partial charge in [-0.15, -0.1) is 0 Å². The summed E-state index contributed by atoms with van der Waals surface area (Å²) < 4.78 is 0. The van der Waals surface area contributed by atoms with E-state index in [1.54, 1.807) is 13.1 Å². The van der Waals surface area contributed by atoms with Crippen molar-refractivity contribution in [3.63, 3.8) is 0 Å². The highest BCUT2D eigenvalue weighted by Gasteiger charge is 2.31. The molecule has 1 amide bonds. The van der Waals surface area contributed by atoms with Gasteiger partial charge >= 0.3 is 0 Å². The second kappa shape index (κ2) is 9.65. The predicted octanol–water partition coefficient (Wildman–Crippen LogP) is 4.88. The number of nitrogens with one attached hydrogen (secondary N) is 2. The average molecular weight is 438 g/mol. The molecule has 3 atom stereocenters. The zero-order chi connectivity index (χ0) is 21.8. The highest BCUT2D eigenvalue weighted by atomic mass is 35.5. The summed E-state index contributed by atoms with van der Waals surface area (Å²) in [6.45, 7) is 1.78. The third-order valence-corrected chi connectivity index (χ3v) is 6.61. The van der Waals surface area contributed by atoms with Crippen LogP contribution in [-0.4, -0.2) is 27.7 Å². The molecule has 0 spiro atoms. The molecule has 6 heteroatoms. The fourth-order valence-corrected chi connectivity index (χ4v) is 4.68. The summed E-state index contributed by atoms with van der Waals surface area (Å²) in [5.74, 6) is 0.577. The molecule has 3 aromatic rings. The lowest BCUT2D eigenvalue weighted by atomic mass is 9.96. The number of nitrogens with zero attached hydrogens (tertiary/aromatic N) is 1. The molecule has 0 aliphatic heterocycles. The SMILES string of the molecule is C[C@H](NC(=O)[C@@H]1CC[C@@H](Cc2ccccc2)C1)C(=O)CCc1ccc2c(Cl)c[nH]c2n1. The van der Waals surface area contributed by atoms with Crippen molar-refractivity contribution >= 4 is 34.3 Å². The molecule has 0 radical (unpaired) electrons. The summed E-state index contributed by atoms with van der Waals surface area (Å²) in [7, 11) is 0. The highest BCUT2D eigenvalue weighted by molar-refractivity contribution is 6.35. The van der Waals surface area contributed by atoms with E-state index in [-0.39, 0.29) is 17.6 Å². The molecule has 0 bridgehead atoms. The zero-order valence-electron chi connectivity index (χ0n) is 17.7. The van der Waals surface area contributed by atoms with E-state index >= 15 is 0 Å². The van der Waals surface area contributed by atoms with Gasteiger partial charge in [-0.2, -0.15) is 0 Å². The Morgan fingerprint density at radius 3 is 2.81 bits per heavy atom. The number of aromatic amines is 1. The minimum Gasteiger partial charge on any atom is -0.346 e. The zero-order valence-corrected chi connectivity index (χ0v) is 18.5. The van der Waals surface area contributed by atoms with Gasteiger partial charge in [0.25, 0.3) is 0 Å². The van der Waals surface area contributed by atoms with Crippen molar-refractivity contribution in [3.8, 4) is 0 Å². The lowest BCUT2D eigenvalue weighted by Gasteiger charge is -2.16. The van der Waals surface area contributed by atoms with Crippen molar-refractivity contribution in [2.45, 2.75) is 51.5 Å². The van der Waals surface area contributed by atoms with Crippen LogP contribution in [0.25, 0.3) is 11.0 Å². The van der Waals surface area contributed by atoms with Crippen molar-refractivity contribution in [1.29, 1.82) is 0 Å². The Kier molecular flexibility index (Phi) is 6.71. The summed E-state index contributed by atoms with van der Waals surface area (Å²) in [5, 5.41) is 4.46. The van der Waals surface area contributed by atoms with Crippen molar-refractivity contribution in [2.75, 3.05) is 0 Å². The number of carbonyl (C=O) groups excluding carboxylic acids is 2. The Bertz CT molecular complexity index is 1060. The Labute approximate surface area is 187 Å². The van der Waals surface area contributed by atoms with Crippen LogP contribution < -0.4 is 5.32 Å². The van der Waals surface area contributed by atoms with E-state index < -0.39 is 6.04 Å². The lowest BCUT2D eigenvalue weighted by molar-refractivity contribution is -0.129. The molecule has 1 fully saturated rings. The number of fused-ring (bicyclic) bond motifs is 1. The Balaban J connectivity index is 1.24. The number of pyridine rings is 1. The van der Waals surface area contributed by atoms with Gasteiger partial charge in [0.05, 0.1) is 11.1 Å². The van der Waals surface area contributed by atoms with Crippen molar-refractivity contribution < 1.29 is 9.59 Å². The first-order valence-electron chi connectivity index (χ1n) is 11.0. The first-order valence-corrected chi connectivity index (χ1v) is 11.4. The number of hydrogen-bond donors (Lipinski definition) is 2. The minimum absolute atomic E-state index is 0.00524. The molecule has 1 saturated carbocycles. The van der Waals surface area contributed by atoms with Gasteiger partial charge in [0.1, 0.15) is 5.65 Å². The molecule has 2 heterocycles. The quantitative estimate of drug-likeness (QED) is 0.527. The van der Waals surface area contributed by atoms with E-state index in [4.69, 9.17) is 11.6 Å². The molecule has 1 aliphatic rings. The highest BCUT2D eigenvalue weighted by Crippen LogP contribution is 2.33. The number of amides is 1. The number of halogens is 1. The van der Waals surface area contributed by atoms with E-state index in [1.165, 1.54) is 5.56 Å². The molecular weight excluding hydrogens is 410 g/mol. The van der Waals surface area contributed by atoms with Crippen LogP contribution in [0.3, 0.4) is 0 Å². The van der Waals surface area contributed by atoms with Crippen molar-refractivity contribution in [2.24, 2.45) is 11.8 Å². The van der Waals surface area contributed by atoms with Gasteiger partial charge in [-0.3, -0.25) is 9.59 Å². The molecule has 1 aromatic carbocycles. The van der Waals surface area contributed by atoms with E-state index in [0.717, 1.165) is 42.4 Å². The number of aryl methyl sites for hydroxylation is 1. The van der Waals surface area contributed by atoms with Crippen LogP contribution in [0.5, 0.6) is 0 Å². The van der Waals surface area contributed by atoms with Crippen LogP contribution in [-0.2, 0) is 22.4 Å². The Morgan fingerprint density at radius 2 is 2.00 bits per heavy atom. The Morgan fingerprint density at radius 1 is 1.19 bits per heavy atom. The molecule has 0 unspecified atom stereocenters. The fourth-order valence-electron chi connectivity index (χ4n) is 4.48. The number of benzene rings is 1. The van der Waals surface area contributed by atoms with E-state index in [2.05, 4.69) is 39.6 Å². The number of hydrogen-bond acceptors (Lipinski definition) is 3. The van der Waals surface area contributed by atoms with E-state index in [1.807, 2.05) is 18.2 Å². The summed E-state index contributed by atoms with van der Waals surface area (Å²) in [6.07, 6.45) is 6.45. The summed E-state index contributed by atoms with van der Waals surface area (Å²) in [5.41, 5.74) is 2.88. The standard InChI is InChI=1S/C25H28ClN3O2/c1-16(23(30)12-10-20-9-11-21-22(26)15-27-24(21)29-20)28-25(31)19-8-7-18(14-19)13-17-5-3-2-4-6-17/h2-6,9,11,15-16,18-19H,7-8,10,12-14H2,1H3,(H,27,29)(H,28,31)/t16-,18-,19+/m0/s1.